The molecule has 5 nitrogen and oxygen atoms in total. The lowest BCUT2D eigenvalue weighted by atomic mass is 10.1. The van der Waals surface area contributed by atoms with Crippen LogP contribution in [0.25, 0.3) is 0 Å². The number of carbonyl (C=O) groups excluding carboxylic acids is 1. The number of piperazine rings is 1. The fourth-order valence-electron chi connectivity index (χ4n) is 3.15. The molecule has 0 radical (unpaired) electrons. The molecule has 1 aromatic heterocycles. The Morgan fingerprint density at radius 3 is 2.53 bits per heavy atom. The van der Waals surface area contributed by atoms with Gasteiger partial charge in [-0.05, 0) is 25.0 Å². The lowest BCUT2D eigenvalue weighted by molar-refractivity contribution is -0.131. The van der Waals surface area contributed by atoms with Crippen LogP contribution < -0.4 is 4.90 Å². The summed E-state index contributed by atoms with van der Waals surface area (Å²) in [6.45, 7) is 3.52. The fraction of sp³-hybridized carbons (Fsp3) is 0.615. The standard InChI is InChI=1S/C13H17ClN4O/c1-2-13(19)17-7-9-3-4-10(8-17)18(9)12-6-5-11(14)15-16-12/h5-6,9-10H,2-4,7-8H2,1H3. The maximum absolute atomic E-state index is 11.8. The minimum absolute atomic E-state index is 0.249. The summed E-state index contributed by atoms with van der Waals surface area (Å²) >= 11 is 5.78. The number of hydrogen-bond donors (Lipinski definition) is 0. The van der Waals surface area contributed by atoms with Gasteiger partial charge in [0.25, 0.3) is 0 Å². The third-order valence-electron chi connectivity index (χ3n) is 4.02. The number of nitrogens with zero attached hydrogens (tertiary/aromatic N) is 4. The Morgan fingerprint density at radius 2 is 2.00 bits per heavy atom. The second-order valence-corrected chi connectivity index (χ2v) is 5.55. The molecule has 0 saturated carbocycles. The average molecular weight is 281 g/mol. The molecule has 2 atom stereocenters. The number of rotatable bonds is 2. The minimum Gasteiger partial charge on any atom is -0.346 e. The molecule has 2 saturated heterocycles. The van der Waals surface area contributed by atoms with Crippen molar-refractivity contribution in [3.63, 3.8) is 0 Å². The van der Waals surface area contributed by atoms with Crippen LogP contribution in [0, 0.1) is 0 Å². The summed E-state index contributed by atoms with van der Waals surface area (Å²) in [5.41, 5.74) is 0. The number of aromatic nitrogens is 2. The first-order valence-corrected chi connectivity index (χ1v) is 7.12. The first-order valence-electron chi connectivity index (χ1n) is 6.74. The third kappa shape index (κ3) is 2.27. The van der Waals surface area contributed by atoms with Crippen LogP contribution in [-0.2, 0) is 4.79 Å². The smallest absolute Gasteiger partial charge is 0.222 e. The highest BCUT2D eigenvalue weighted by atomic mass is 35.5. The molecule has 0 N–H and O–H groups in total. The Balaban J connectivity index is 1.80. The molecule has 2 unspecified atom stereocenters. The van der Waals surface area contributed by atoms with Gasteiger partial charge in [0.15, 0.2) is 11.0 Å². The van der Waals surface area contributed by atoms with Gasteiger partial charge in [-0.25, -0.2) is 0 Å². The van der Waals surface area contributed by atoms with Crippen molar-refractivity contribution in [3.05, 3.63) is 17.3 Å². The summed E-state index contributed by atoms with van der Waals surface area (Å²) in [6.07, 6.45) is 2.81. The molecule has 6 heteroatoms. The summed E-state index contributed by atoms with van der Waals surface area (Å²) in [4.78, 5) is 16.1. The van der Waals surface area contributed by atoms with Gasteiger partial charge in [-0.15, -0.1) is 10.2 Å². The molecule has 102 valence electrons. The van der Waals surface area contributed by atoms with E-state index >= 15 is 0 Å². The molecule has 3 heterocycles. The van der Waals surface area contributed by atoms with E-state index in [-0.39, 0.29) is 5.91 Å². The number of fused-ring (bicyclic) bond motifs is 2. The predicted molar refractivity (Wildman–Crippen MR) is 73.2 cm³/mol. The highest BCUT2D eigenvalue weighted by Gasteiger charge is 2.41. The number of halogens is 1. The topological polar surface area (TPSA) is 49.3 Å². The molecule has 0 spiro atoms. The van der Waals surface area contributed by atoms with Gasteiger partial charge in [0, 0.05) is 31.6 Å². The lowest BCUT2D eigenvalue weighted by Gasteiger charge is -2.41. The van der Waals surface area contributed by atoms with Crippen LogP contribution in [0.1, 0.15) is 26.2 Å². The summed E-state index contributed by atoms with van der Waals surface area (Å²) in [5.74, 6) is 1.12. The van der Waals surface area contributed by atoms with Crippen LogP contribution in [0.3, 0.4) is 0 Å². The van der Waals surface area contributed by atoms with Crippen molar-refractivity contribution >= 4 is 23.3 Å². The van der Waals surface area contributed by atoms with Gasteiger partial charge in [0.2, 0.25) is 5.91 Å². The lowest BCUT2D eigenvalue weighted by Crippen LogP contribution is -2.55. The van der Waals surface area contributed by atoms with Crippen molar-refractivity contribution in [2.24, 2.45) is 0 Å². The van der Waals surface area contributed by atoms with Gasteiger partial charge in [0.1, 0.15) is 0 Å². The van der Waals surface area contributed by atoms with Gasteiger partial charge in [-0.3, -0.25) is 4.79 Å². The molecular formula is C13H17ClN4O. The van der Waals surface area contributed by atoms with Crippen LogP contribution in [0.5, 0.6) is 0 Å². The molecule has 19 heavy (non-hydrogen) atoms. The quantitative estimate of drug-likeness (QED) is 0.828. The Morgan fingerprint density at radius 1 is 1.32 bits per heavy atom. The predicted octanol–water partition coefficient (Wildman–Crippen LogP) is 1.72. The summed E-state index contributed by atoms with van der Waals surface area (Å²) in [7, 11) is 0. The number of likely N-dealkylation sites (tertiary alicyclic amines) is 1. The molecule has 1 amide bonds. The first-order chi connectivity index (χ1) is 9.19. The van der Waals surface area contributed by atoms with E-state index < -0.39 is 0 Å². The van der Waals surface area contributed by atoms with Crippen LogP contribution in [0.4, 0.5) is 5.82 Å². The number of carbonyl (C=O) groups is 1. The number of hydrogen-bond acceptors (Lipinski definition) is 4. The van der Waals surface area contributed by atoms with E-state index in [1.165, 1.54) is 0 Å². The highest BCUT2D eigenvalue weighted by molar-refractivity contribution is 6.29. The molecule has 2 fully saturated rings. The van der Waals surface area contributed by atoms with Gasteiger partial charge < -0.3 is 9.80 Å². The van der Waals surface area contributed by atoms with Crippen molar-refractivity contribution in [2.75, 3.05) is 18.0 Å². The van der Waals surface area contributed by atoms with Crippen LogP contribution in [0.15, 0.2) is 12.1 Å². The number of anilines is 1. The molecule has 0 aliphatic carbocycles. The van der Waals surface area contributed by atoms with E-state index in [0.29, 0.717) is 23.7 Å². The van der Waals surface area contributed by atoms with Gasteiger partial charge >= 0.3 is 0 Å². The summed E-state index contributed by atoms with van der Waals surface area (Å²) < 4.78 is 0. The maximum atomic E-state index is 11.8. The van der Waals surface area contributed by atoms with Crippen molar-refractivity contribution in [1.82, 2.24) is 15.1 Å². The Labute approximate surface area is 117 Å². The van der Waals surface area contributed by atoms with Crippen molar-refractivity contribution in [1.29, 1.82) is 0 Å². The van der Waals surface area contributed by atoms with Gasteiger partial charge in [-0.2, -0.15) is 0 Å². The number of amides is 1. The maximum Gasteiger partial charge on any atom is 0.222 e. The third-order valence-corrected chi connectivity index (χ3v) is 4.22. The van der Waals surface area contributed by atoms with Crippen LogP contribution in [0.2, 0.25) is 5.15 Å². The van der Waals surface area contributed by atoms with E-state index in [0.717, 1.165) is 31.7 Å². The van der Waals surface area contributed by atoms with Crippen molar-refractivity contribution in [3.8, 4) is 0 Å². The average Bonchev–Trinajstić information content (AvgIpc) is 2.69. The van der Waals surface area contributed by atoms with Crippen molar-refractivity contribution < 1.29 is 4.79 Å². The molecule has 2 bridgehead atoms. The van der Waals surface area contributed by atoms with E-state index in [9.17, 15) is 4.79 Å². The van der Waals surface area contributed by atoms with E-state index in [2.05, 4.69) is 15.1 Å². The molecule has 1 aromatic rings. The van der Waals surface area contributed by atoms with Gasteiger partial charge in [0.05, 0.1) is 0 Å². The summed E-state index contributed by atoms with van der Waals surface area (Å²) in [6, 6.07) is 4.42. The van der Waals surface area contributed by atoms with Crippen molar-refractivity contribution in [2.45, 2.75) is 38.3 Å². The van der Waals surface area contributed by atoms with E-state index in [1.54, 1.807) is 6.07 Å². The Hall–Kier alpha value is -1.36. The Kier molecular flexibility index (Phi) is 3.31. The zero-order valence-electron chi connectivity index (χ0n) is 10.9. The van der Waals surface area contributed by atoms with E-state index in [1.807, 2.05) is 17.9 Å². The molecule has 2 aliphatic rings. The largest absolute Gasteiger partial charge is 0.346 e. The second kappa shape index (κ2) is 4.96. The van der Waals surface area contributed by atoms with Crippen LogP contribution in [-0.4, -0.2) is 46.2 Å². The Bertz CT molecular complexity index is 464. The normalized spacial score (nSPS) is 25.8. The minimum atomic E-state index is 0.249. The molecule has 2 aliphatic heterocycles. The molecule has 0 aromatic carbocycles. The van der Waals surface area contributed by atoms with Crippen LogP contribution >= 0.6 is 11.6 Å². The summed E-state index contributed by atoms with van der Waals surface area (Å²) in [5, 5.41) is 8.50. The molecular weight excluding hydrogens is 264 g/mol. The highest BCUT2D eigenvalue weighted by Crippen LogP contribution is 2.33. The molecule has 3 rings (SSSR count). The SMILES string of the molecule is CCC(=O)N1CC2CCC(C1)N2c1ccc(Cl)nn1. The monoisotopic (exact) mass is 280 g/mol. The van der Waals surface area contributed by atoms with E-state index in [4.69, 9.17) is 11.6 Å². The van der Waals surface area contributed by atoms with Gasteiger partial charge in [-0.1, -0.05) is 18.5 Å². The fourth-order valence-corrected chi connectivity index (χ4v) is 3.25. The zero-order valence-corrected chi connectivity index (χ0v) is 11.7. The second-order valence-electron chi connectivity index (χ2n) is 5.16. The zero-order chi connectivity index (χ0) is 13.4. The first kappa shape index (κ1) is 12.7.